The molecule has 0 spiro atoms. The minimum Gasteiger partial charge on any atom is -0.483 e. The van der Waals surface area contributed by atoms with Crippen molar-refractivity contribution in [2.45, 2.75) is 32.5 Å². The molecule has 1 saturated heterocycles. The lowest BCUT2D eigenvalue weighted by Gasteiger charge is -2.45. The molecule has 1 aromatic carbocycles. The maximum atomic E-state index is 14.8. The summed E-state index contributed by atoms with van der Waals surface area (Å²) in [6, 6.07) is 7.77. The van der Waals surface area contributed by atoms with E-state index in [0.717, 1.165) is 0 Å². The van der Waals surface area contributed by atoms with Crippen molar-refractivity contribution in [2.75, 3.05) is 6.54 Å². The largest absolute Gasteiger partial charge is 0.483 e. The van der Waals surface area contributed by atoms with E-state index in [-0.39, 0.29) is 34.8 Å². The second-order valence-corrected chi connectivity index (χ2v) is 7.01. The van der Waals surface area contributed by atoms with Gasteiger partial charge in [0.05, 0.1) is 5.52 Å². The third kappa shape index (κ3) is 3.43. The van der Waals surface area contributed by atoms with Crippen LogP contribution in [0.3, 0.4) is 0 Å². The number of hydrogen-bond donors (Lipinski definition) is 1. The fourth-order valence-electron chi connectivity index (χ4n) is 3.32. The van der Waals surface area contributed by atoms with Crippen molar-refractivity contribution in [3.8, 4) is 11.8 Å². The summed E-state index contributed by atoms with van der Waals surface area (Å²) < 4.78 is 34.4. The van der Waals surface area contributed by atoms with Gasteiger partial charge in [-0.25, -0.2) is 14.4 Å². The average molecular weight is 397 g/mol. The molecule has 0 saturated carbocycles. The highest BCUT2D eigenvalue weighted by molar-refractivity contribution is 5.75. The molecule has 0 bridgehead atoms. The summed E-state index contributed by atoms with van der Waals surface area (Å²) in [6.45, 7) is 4.25. The van der Waals surface area contributed by atoms with Crippen LogP contribution in [0.2, 0.25) is 0 Å². The Morgan fingerprint density at radius 2 is 2.10 bits per heavy atom. The summed E-state index contributed by atoms with van der Waals surface area (Å²) in [6.07, 6.45) is -0.285. The zero-order valence-electron chi connectivity index (χ0n) is 15.7. The maximum absolute atomic E-state index is 14.8. The molecule has 3 heterocycles. The number of benzene rings is 1. The predicted molar refractivity (Wildman–Crippen MR) is 100 cm³/mol. The number of nitrogens with one attached hydrogen (secondary N) is 1. The first-order valence-electron chi connectivity index (χ1n) is 9.02. The molecule has 1 aliphatic heterocycles. The van der Waals surface area contributed by atoms with Gasteiger partial charge in [-0.2, -0.15) is 9.65 Å². The third-order valence-corrected chi connectivity index (χ3v) is 5.16. The molecule has 9 heteroatoms. The van der Waals surface area contributed by atoms with E-state index in [2.05, 4.69) is 15.0 Å². The second-order valence-electron chi connectivity index (χ2n) is 7.01. The highest BCUT2D eigenvalue weighted by atomic mass is 19.1. The first-order valence-corrected chi connectivity index (χ1v) is 9.02. The van der Waals surface area contributed by atoms with Gasteiger partial charge in [0.25, 0.3) is 11.5 Å². The van der Waals surface area contributed by atoms with Gasteiger partial charge in [-0.3, -0.25) is 9.69 Å². The van der Waals surface area contributed by atoms with Gasteiger partial charge in [0.1, 0.15) is 29.1 Å². The molecular weight excluding hydrogens is 380 g/mol. The number of aryl methyl sites for hydroxylation is 1. The zero-order chi connectivity index (χ0) is 20.7. The number of aromatic amines is 1. The molecule has 2 aromatic heterocycles. The lowest BCUT2D eigenvalue weighted by Crippen LogP contribution is -2.60. The molecule has 7 nitrogen and oxygen atoms in total. The smallest absolute Gasteiger partial charge is 0.269 e. The Morgan fingerprint density at radius 1 is 1.31 bits per heavy atom. The quantitative estimate of drug-likeness (QED) is 0.680. The van der Waals surface area contributed by atoms with Crippen molar-refractivity contribution in [1.82, 2.24) is 19.9 Å². The number of rotatable bonds is 4. The number of ether oxygens (including phenoxy) is 1. The number of likely N-dealkylation sites (tertiary alicyclic amines) is 1. The average Bonchev–Trinajstić information content (AvgIpc) is 2.71. The van der Waals surface area contributed by atoms with Crippen LogP contribution in [0, 0.1) is 30.0 Å². The summed E-state index contributed by atoms with van der Waals surface area (Å²) in [7, 11) is 0. The van der Waals surface area contributed by atoms with Gasteiger partial charge < -0.3 is 9.72 Å². The molecule has 1 aliphatic rings. The van der Waals surface area contributed by atoms with Gasteiger partial charge in [-0.1, -0.05) is 6.07 Å². The number of halogens is 2. The molecule has 3 aromatic rings. The number of hydrogen-bond acceptors (Lipinski definition) is 6. The van der Waals surface area contributed by atoms with Crippen molar-refractivity contribution < 1.29 is 13.5 Å². The van der Waals surface area contributed by atoms with Crippen molar-refractivity contribution in [3.63, 3.8) is 0 Å². The number of pyridine rings is 1. The summed E-state index contributed by atoms with van der Waals surface area (Å²) >= 11 is 0. The summed E-state index contributed by atoms with van der Waals surface area (Å²) in [4.78, 5) is 23.9. The Kier molecular flexibility index (Phi) is 4.72. The van der Waals surface area contributed by atoms with E-state index in [1.54, 1.807) is 25.1 Å². The number of fused-ring (bicyclic) bond motifs is 1. The molecule has 2 atom stereocenters. The van der Waals surface area contributed by atoms with Crippen molar-refractivity contribution in [3.05, 3.63) is 63.3 Å². The van der Waals surface area contributed by atoms with Gasteiger partial charge in [-0.15, -0.1) is 0 Å². The van der Waals surface area contributed by atoms with E-state index in [1.165, 1.54) is 12.1 Å². The molecule has 148 valence electrons. The van der Waals surface area contributed by atoms with Crippen molar-refractivity contribution in [2.24, 2.45) is 0 Å². The fourth-order valence-corrected chi connectivity index (χ4v) is 3.32. The van der Waals surface area contributed by atoms with Gasteiger partial charge in [0, 0.05) is 24.7 Å². The second kappa shape index (κ2) is 7.22. The molecule has 2 unspecified atom stereocenters. The van der Waals surface area contributed by atoms with Crippen LogP contribution in [0.4, 0.5) is 8.78 Å². The fraction of sp³-hybridized carbons (Fsp3) is 0.300. The first kappa shape index (κ1) is 19.0. The van der Waals surface area contributed by atoms with Gasteiger partial charge in [0.15, 0.2) is 11.6 Å². The summed E-state index contributed by atoms with van der Waals surface area (Å²) in [5, 5.41) is 8.75. The number of H-pyrrole nitrogens is 1. The standard InChI is InChI=1S/C20H17F2N5O2/c1-10-20(28)26-18-14(24-10)5-3-12(17(18)21)8-27-9-16(11(27)2)29-15-6-4-13(7-23)25-19(15)22/h3-6,11,16H,8-9H2,1-2H3,(H,26,28). The monoisotopic (exact) mass is 397 g/mol. The van der Waals surface area contributed by atoms with Crippen LogP contribution in [0.1, 0.15) is 23.9 Å². The molecule has 4 rings (SSSR count). The lowest BCUT2D eigenvalue weighted by molar-refractivity contribution is -0.0437. The molecule has 1 N–H and O–H groups in total. The first-order chi connectivity index (χ1) is 13.9. The van der Waals surface area contributed by atoms with E-state index in [0.29, 0.717) is 24.2 Å². The summed E-state index contributed by atoms with van der Waals surface area (Å²) in [5.74, 6) is -1.36. The Balaban J connectivity index is 1.47. The third-order valence-electron chi connectivity index (χ3n) is 5.16. The topological polar surface area (TPSA) is 94.9 Å². The maximum Gasteiger partial charge on any atom is 0.269 e. The SMILES string of the molecule is Cc1nc2ccc(CN3CC(Oc4ccc(C#N)nc4F)C3C)c(F)c2[nH]c1=O. The van der Waals surface area contributed by atoms with E-state index >= 15 is 0 Å². The number of aromatic nitrogens is 3. The van der Waals surface area contributed by atoms with Crippen LogP contribution >= 0.6 is 0 Å². The lowest BCUT2D eigenvalue weighted by atomic mass is 9.99. The Bertz CT molecular complexity index is 1200. The molecule has 1 fully saturated rings. The van der Waals surface area contributed by atoms with Gasteiger partial charge in [-0.05, 0) is 32.0 Å². The van der Waals surface area contributed by atoms with E-state index in [9.17, 15) is 13.6 Å². The van der Waals surface area contributed by atoms with Crippen LogP contribution in [-0.2, 0) is 6.54 Å². The molecule has 0 radical (unpaired) electrons. The Labute approximate surface area is 164 Å². The summed E-state index contributed by atoms with van der Waals surface area (Å²) in [5.41, 5.74) is 0.751. The number of nitriles is 1. The Morgan fingerprint density at radius 3 is 2.79 bits per heavy atom. The molecular formula is C20H17F2N5O2. The van der Waals surface area contributed by atoms with Crippen LogP contribution in [0.25, 0.3) is 11.0 Å². The minimum absolute atomic E-state index is 0.0172. The van der Waals surface area contributed by atoms with Gasteiger partial charge in [0.2, 0.25) is 0 Å². The van der Waals surface area contributed by atoms with Gasteiger partial charge >= 0.3 is 0 Å². The number of nitrogens with zero attached hydrogens (tertiary/aromatic N) is 4. The van der Waals surface area contributed by atoms with E-state index in [1.807, 2.05) is 11.8 Å². The van der Waals surface area contributed by atoms with Crippen LogP contribution in [0.5, 0.6) is 5.75 Å². The molecule has 0 amide bonds. The Hall–Kier alpha value is -3.38. The molecule has 29 heavy (non-hydrogen) atoms. The van der Waals surface area contributed by atoms with Crippen molar-refractivity contribution in [1.29, 1.82) is 5.26 Å². The predicted octanol–water partition coefficient (Wildman–Crippen LogP) is 2.43. The normalized spacial score (nSPS) is 19.0. The van der Waals surface area contributed by atoms with Crippen LogP contribution in [0.15, 0.2) is 29.1 Å². The minimum atomic E-state index is -0.831. The van der Waals surface area contributed by atoms with E-state index < -0.39 is 17.3 Å². The van der Waals surface area contributed by atoms with Crippen LogP contribution in [-0.4, -0.2) is 38.5 Å². The molecule has 0 aliphatic carbocycles. The van der Waals surface area contributed by atoms with Crippen molar-refractivity contribution >= 4 is 11.0 Å². The highest BCUT2D eigenvalue weighted by Crippen LogP contribution is 2.28. The van der Waals surface area contributed by atoms with E-state index in [4.69, 9.17) is 10.00 Å². The zero-order valence-corrected chi connectivity index (χ0v) is 15.7. The van der Waals surface area contributed by atoms with Crippen LogP contribution < -0.4 is 10.3 Å². The highest BCUT2D eigenvalue weighted by Gasteiger charge is 2.38.